The van der Waals surface area contributed by atoms with Gasteiger partial charge in [-0.1, -0.05) is 13.8 Å². The van der Waals surface area contributed by atoms with Gasteiger partial charge in [-0.15, -0.1) is 0 Å². The van der Waals surface area contributed by atoms with Crippen molar-refractivity contribution < 1.29 is 4.79 Å². The van der Waals surface area contributed by atoms with Crippen LogP contribution in [0.3, 0.4) is 0 Å². The van der Waals surface area contributed by atoms with Crippen LogP contribution in [0.1, 0.15) is 45.1 Å². The van der Waals surface area contributed by atoms with Gasteiger partial charge < -0.3 is 16.4 Å². The van der Waals surface area contributed by atoms with Gasteiger partial charge in [0.05, 0.1) is 11.4 Å². The predicted octanol–water partition coefficient (Wildman–Crippen LogP) is 3.39. The molecular weight excluding hydrogens is 262 g/mol. The van der Waals surface area contributed by atoms with Crippen molar-refractivity contribution in [3.63, 3.8) is 0 Å². The highest BCUT2D eigenvalue weighted by atomic mass is 16.1. The summed E-state index contributed by atoms with van der Waals surface area (Å²) >= 11 is 0. The molecule has 3 atom stereocenters. The number of benzene rings is 1. The molecule has 1 heterocycles. The Hall–Kier alpha value is -1.71. The van der Waals surface area contributed by atoms with Crippen molar-refractivity contribution in [3.05, 3.63) is 17.7 Å². The van der Waals surface area contributed by atoms with E-state index < -0.39 is 0 Å². The van der Waals surface area contributed by atoms with Crippen LogP contribution in [0.5, 0.6) is 0 Å². The molecule has 21 heavy (non-hydrogen) atoms. The van der Waals surface area contributed by atoms with Gasteiger partial charge in [-0.05, 0) is 55.2 Å². The second-order valence-corrected chi connectivity index (χ2v) is 6.75. The molecular formula is C17H25N3O. The molecule has 1 aliphatic heterocycles. The third-order valence-corrected chi connectivity index (χ3v) is 5.13. The molecule has 1 aromatic rings. The number of rotatable bonds is 2. The van der Waals surface area contributed by atoms with E-state index in [0.717, 1.165) is 40.9 Å². The lowest BCUT2D eigenvalue weighted by atomic mass is 9.79. The number of fused-ring (bicyclic) bond motifs is 1. The standard InChI is InChI=1S/C17H25N3O/c1-10-3-5-13(7-11(10)2)19-16-9-15-12(8-14(16)18)4-6-17(21)20-15/h8-11,13,19H,3-7,18H2,1-2H3,(H,20,21). The lowest BCUT2D eigenvalue weighted by molar-refractivity contribution is -0.116. The zero-order valence-electron chi connectivity index (χ0n) is 12.9. The van der Waals surface area contributed by atoms with Crippen LogP contribution in [0, 0.1) is 11.8 Å². The first-order valence-corrected chi connectivity index (χ1v) is 8.01. The van der Waals surface area contributed by atoms with E-state index in [1.54, 1.807) is 0 Å². The molecule has 3 unspecified atom stereocenters. The molecule has 0 aromatic heterocycles. The Morgan fingerprint density at radius 3 is 2.76 bits per heavy atom. The van der Waals surface area contributed by atoms with Crippen LogP contribution in [-0.4, -0.2) is 11.9 Å². The van der Waals surface area contributed by atoms with Gasteiger partial charge in [-0.3, -0.25) is 4.79 Å². The predicted molar refractivity (Wildman–Crippen MR) is 87.4 cm³/mol. The van der Waals surface area contributed by atoms with Crippen LogP contribution in [-0.2, 0) is 11.2 Å². The minimum Gasteiger partial charge on any atom is -0.397 e. The van der Waals surface area contributed by atoms with Crippen LogP contribution in [0.4, 0.5) is 17.1 Å². The maximum absolute atomic E-state index is 11.5. The van der Waals surface area contributed by atoms with Crippen molar-refractivity contribution in [1.29, 1.82) is 0 Å². The van der Waals surface area contributed by atoms with Crippen molar-refractivity contribution in [3.8, 4) is 0 Å². The molecule has 4 heteroatoms. The average Bonchev–Trinajstić information content (AvgIpc) is 2.44. The average molecular weight is 287 g/mol. The molecule has 1 saturated carbocycles. The fraction of sp³-hybridized carbons (Fsp3) is 0.588. The normalized spacial score (nSPS) is 28.7. The Morgan fingerprint density at radius 2 is 2.00 bits per heavy atom. The van der Waals surface area contributed by atoms with Crippen LogP contribution in [0.15, 0.2) is 12.1 Å². The van der Waals surface area contributed by atoms with E-state index in [1.165, 1.54) is 19.3 Å². The van der Waals surface area contributed by atoms with Crippen LogP contribution < -0.4 is 16.4 Å². The third kappa shape index (κ3) is 2.99. The molecule has 4 nitrogen and oxygen atoms in total. The molecule has 0 saturated heterocycles. The summed E-state index contributed by atoms with van der Waals surface area (Å²) in [5.74, 6) is 1.65. The van der Waals surface area contributed by atoms with E-state index in [2.05, 4.69) is 24.5 Å². The number of nitrogens with one attached hydrogen (secondary N) is 2. The number of hydrogen-bond donors (Lipinski definition) is 3. The van der Waals surface area contributed by atoms with E-state index >= 15 is 0 Å². The Labute approximate surface area is 126 Å². The van der Waals surface area contributed by atoms with Crippen LogP contribution in [0.2, 0.25) is 0 Å². The Morgan fingerprint density at radius 1 is 1.19 bits per heavy atom. The minimum absolute atomic E-state index is 0.0957. The lowest BCUT2D eigenvalue weighted by Crippen LogP contribution is -2.30. The minimum atomic E-state index is 0.0957. The first-order valence-electron chi connectivity index (χ1n) is 8.01. The molecule has 0 radical (unpaired) electrons. The molecule has 4 N–H and O–H groups in total. The highest BCUT2D eigenvalue weighted by molar-refractivity contribution is 5.95. The molecule has 2 aliphatic rings. The van der Waals surface area contributed by atoms with Gasteiger partial charge in [0.25, 0.3) is 0 Å². The van der Waals surface area contributed by atoms with Gasteiger partial charge in [-0.2, -0.15) is 0 Å². The summed E-state index contributed by atoms with van der Waals surface area (Å²) in [5.41, 5.74) is 9.99. The number of hydrogen-bond acceptors (Lipinski definition) is 3. The van der Waals surface area contributed by atoms with E-state index in [9.17, 15) is 4.79 Å². The van der Waals surface area contributed by atoms with E-state index in [4.69, 9.17) is 5.73 Å². The molecule has 0 spiro atoms. The summed E-state index contributed by atoms with van der Waals surface area (Å²) in [6.45, 7) is 4.67. The highest BCUT2D eigenvalue weighted by Gasteiger charge is 2.25. The summed E-state index contributed by atoms with van der Waals surface area (Å²) in [6.07, 6.45) is 4.97. The van der Waals surface area contributed by atoms with Gasteiger partial charge in [0.15, 0.2) is 0 Å². The monoisotopic (exact) mass is 287 g/mol. The smallest absolute Gasteiger partial charge is 0.224 e. The van der Waals surface area contributed by atoms with Crippen LogP contribution >= 0.6 is 0 Å². The molecule has 1 aromatic carbocycles. The molecule has 1 fully saturated rings. The van der Waals surface area contributed by atoms with E-state index in [-0.39, 0.29) is 5.91 Å². The van der Waals surface area contributed by atoms with Crippen molar-refractivity contribution in [2.75, 3.05) is 16.4 Å². The van der Waals surface area contributed by atoms with Crippen molar-refractivity contribution in [2.45, 2.75) is 52.0 Å². The quantitative estimate of drug-likeness (QED) is 0.730. The Balaban J connectivity index is 1.76. The largest absolute Gasteiger partial charge is 0.397 e. The first-order chi connectivity index (χ1) is 10.0. The Kier molecular flexibility index (Phi) is 3.79. The number of carbonyl (C=O) groups is 1. The summed E-state index contributed by atoms with van der Waals surface area (Å²) in [5, 5.41) is 6.53. The van der Waals surface area contributed by atoms with Crippen molar-refractivity contribution in [1.82, 2.24) is 0 Å². The molecule has 3 rings (SSSR count). The van der Waals surface area contributed by atoms with Crippen molar-refractivity contribution >= 4 is 23.0 Å². The molecule has 114 valence electrons. The van der Waals surface area contributed by atoms with Gasteiger partial charge in [0, 0.05) is 18.2 Å². The number of anilines is 3. The highest BCUT2D eigenvalue weighted by Crippen LogP contribution is 2.35. The van der Waals surface area contributed by atoms with Gasteiger partial charge in [0.2, 0.25) is 5.91 Å². The van der Waals surface area contributed by atoms with E-state index in [0.29, 0.717) is 12.5 Å². The fourth-order valence-electron chi connectivity index (χ4n) is 3.47. The zero-order chi connectivity index (χ0) is 15.0. The summed E-state index contributed by atoms with van der Waals surface area (Å²) in [7, 11) is 0. The topological polar surface area (TPSA) is 67.1 Å². The molecule has 1 aliphatic carbocycles. The SMILES string of the molecule is CC1CCC(Nc2cc3c(cc2N)CCC(=O)N3)CC1C. The van der Waals surface area contributed by atoms with E-state index in [1.807, 2.05) is 12.1 Å². The van der Waals surface area contributed by atoms with Crippen LogP contribution in [0.25, 0.3) is 0 Å². The summed E-state index contributed by atoms with van der Waals surface area (Å²) in [6, 6.07) is 4.49. The molecule has 0 bridgehead atoms. The number of nitrogens with two attached hydrogens (primary N) is 1. The summed E-state index contributed by atoms with van der Waals surface area (Å²) in [4.78, 5) is 11.5. The number of amides is 1. The second kappa shape index (κ2) is 5.58. The lowest BCUT2D eigenvalue weighted by Gasteiger charge is -2.33. The number of nitrogen functional groups attached to an aromatic ring is 1. The number of aryl methyl sites for hydroxylation is 1. The maximum atomic E-state index is 11.5. The van der Waals surface area contributed by atoms with Gasteiger partial charge in [-0.25, -0.2) is 0 Å². The fourth-order valence-corrected chi connectivity index (χ4v) is 3.47. The second-order valence-electron chi connectivity index (χ2n) is 6.75. The zero-order valence-corrected chi connectivity index (χ0v) is 12.9. The summed E-state index contributed by atoms with van der Waals surface area (Å²) < 4.78 is 0. The van der Waals surface area contributed by atoms with Gasteiger partial charge >= 0.3 is 0 Å². The third-order valence-electron chi connectivity index (χ3n) is 5.13. The van der Waals surface area contributed by atoms with Gasteiger partial charge in [0.1, 0.15) is 0 Å². The molecule has 1 amide bonds. The van der Waals surface area contributed by atoms with Crippen molar-refractivity contribution in [2.24, 2.45) is 11.8 Å². The first kappa shape index (κ1) is 14.2. The number of carbonyl (C=O) groups excluding carboxylic acids is 1. The maximum Gasteiger partial charge on any atom is 0.224 e. The Bertz CT molecular complexity index is 555.